The van der Waals surface area contributed by atoms with Gasteiger partial charge in [-0.1, -0.05) is 42.5 Å². The van der Waals surface area contributed by atoms with Crippen LogP contribution in [0.3, 0.4) is 0 Å². The van der Waals surface area contributed by atoms with Gasteiger partial charge in [0.15, 0.2) is 0 Å². The number of carbonyl (C=O) groups excluding carboxylic acids is 2. The Bertz CT molecular complexity index is 871. The van der Waals surface area contributed by atoms with Crippen LogP contribution in [-0.2, 0) is 16.1 Å². The van der Waals surface area contributed by atoms with Crippen LogP contribution in [0.25, 0.3) is 0 Å². The molecule has 166 valence electrons. The fourth-order valence-electron chi connectivity index (χ4n) is 3.04. The topological polar surface area (TPSA) is 77.1 Å². The van der Waals surface area contributed by atoms with Crippen molar-refractivity contribution in [3.05, 3.63) is 65.7 Å². The van der Waals surface area contributed by atoms with Gasteiger partial charge in [0.1, 0.15) is 24.1 Å². The van der Waals surface area contributed by atoms with E-state index in [9.17, 15) is 9.59 Å². The van der Waals surface area contributed by atoms with Gasteiger partial charge in [0.25, 0.3) is 0 Å². The maximum atomic E-state index is 12.0. The fourth-order valence-corrected chi connectivity index (χ4v) is 3.04. The molecule has 7 heteroatoms. The van der Waals surface area contributed by atoms with Crippen molar-refractivity contribution in [1.29, 1.82) is 0 Å². The maximum Gasteiger partial charge on any atom is 0.410 e. The Morgan fingerprint density at radius 1 is 1.06 bits per heavy atom. The van der Waals surface area contributed by atoms with Crippen LogP contribution in [0, 0.1) is 0 Å². The smallest absolute Gasteiger partial charge is 0.410 e. The summed E-state index contributed by atoms with van der Waals surface area (Å²) < 4.78 is 16.5. The monoisotopic (exact) mass is 426 g/mol. The lowest BCUT2D eigenvalue weighted by Gasteiger charge is -2.39. The summed E-state index contributed by atoms with van der Waals surface area (Å²) in [5.41, 5.74) is 1.37. The predicted molar refractivity (Wildman–Crippen MR) is 117 cm³/mol. The molecule has 3 rings (SSSR count). The molecule has 7 nitrogen and oxygen atoms in total. The molecule has 1 heterocycles. The zero-order valence-corrected chi connectivity index (χ0v) is 18.5. The molecule has 0 saturated carbocycles. The van der Waals surface area contributed by atoms with E-state index in [2.05, 4.69) is 5.32 Å². The van der Waals surface area contributed by atoms with Crippen LogP contribution in [0.1, 0.15) is 44.9 Å². The summed E-state index contributed by atoms with van der Waals surface area (Å²) in [7, 11) is 0. The van der Waals surface area contributed by atoms with Crippen LogP contribution in [-0.4, -0.2) is 41.9 Å². The zero-order valence-electron chi connectivity index (χ0n) is 18.5. The van der Waals surface area contributed by atoms with Crippen LogP contribution < -0.4 is 10.1 Å². The minimum atomic E-state index is -0.502. The minimum Gasteiger partial charge on any atom is -0.487 e. The molecule has 1 aliphatic rings. The average molecular weight is 427 g/mol. The van der Waals surface area contributed by atoms with Gasteiger partial charge in [-0.05, 0) is 51.0 Å². The second kappa shape index (κ2) is 9.73. The number of hydrogen-bond acceptors (Lipinski definition) is 5. The molecule has 1 saturated heterocycles. The van der Waals surface area contributed by atoms with Crippen LogP contribution in [0.5, 0.6) is 5.75 Å². The number of alkyl carbamates (subject to hydrolysis) is 1. The van der Waals surface area contributed by atoms with E-state index in [4.69, 9.17) is 14.2 Å². The Morgan fingerprint density at radius 3 is 2.32 bits per heavy atom. The third kappa shape index (κ3) is 6.91. The molecule has 1 fully saturated rings. The number of nitrogens with zero attached hydrogens (tertiary/aromatic N) is 1. The van der Waals surface area contributed by atoms with Crippen LogP contribution in [0.15, 0.2) is 54.6 Å². The molecule has 1 atom stereocenters. The Labute approximate surface area is 183 Å². The van der Waals surface area contributed by atoms with Gasteiger partial charge in [-0.3, -0.25) is 0 Å². The third-order valence-electron chi connectivity index (χ3n) is 4.73. The Kier molecular flexibility index (Phi) is 7.05. The molecule has 0 radical (unpaired) electrons. The SMILES string of the molecule is C[C@H](NC(=O)OCc1ccccc1)c1ccc(OC2CN(C(=O)OC(C)(C)C)C2)cc1. The normalized spacial score (nSPS) is 14.9. The van der Waals surface area contributed by atoms with Crippen molar-refractivity contribution >= 4 is 12.2 Å². The molecule has 2 aromatic rings. The van der Waals surface area contributed by atoms with Crippen LogP contribution in [0.4, 0.5) is 9.59 Å². The van der Waals surface area contributed by atoms with Gasteiger partial charge in [0, 0.05) is 0 Å². The summed E-state index contributed by atoms with van der Waals surface area (Å²) in [6, 6.07) is 16.9. The predicted octanol–water partition coefficient (Wildman–Crippen LogP) is 4.67. The quantitative estimate of drug-likeness (QED) is 0.726. The van der Waals surface area contributed by atoms with E-state index in [0.29, 0.717) is 13.1 Å². The maximum absolute atomic E-state index is 12.0. The summed E-state index contributed by atoms with van der Waals surface area (Å²) in [5.74, 6) is 0.719. The van der Waals surface area contributed by atoms with Gasteiger partial charge in [-0.15, -0.1) is 0 Å². The molecule has 0 bridgehead atoms. The number of amides is 2. The van der Waals surface area contributed by atoms with E-state index >= 15 is 0 Å². The summed E-state index contributed by atoms with van der Waals surface area (Å²) in [6.45, 7) is 8.67. The Hall–Kier alpha value is -3.22. The van der Waals surface area contributed by atoms with Crippen LogP contribution >= 0.6 is 0 Å². The molecule has 2 aromatic carbocycles. The van der Waals surface area contributed by atoms with E-state index in [0.717, 1.165) is 16.9 Å². The molecule has 1 aliphatic heterocycles. The molecule has 0 spiro atoms. The first-order valence-corrected chi connectivity index (χ1v) is 10.4. The lowest BCUT2D eigenvalue weighted by molar-refractivity contribution is -0.0221. The van der Waals surface area contributed by atoms with E-state index in [1.165, 1.54) is 0 Å². The van der Waals surface area contributed by atoms with Crippen molar-refractivity contribution in [2.24, 2.45) is 0 Å². The minimum absolute atomic E-state index is 0.0538. The highest BCUT2D eigenvalue weighted by atomic mass is 16.6. The number of likely N-dealkylation sites (tertiary alicyclic amines) is 1. The highest BCUT2D eigenvalue weighted by Crippen LogP contribution is 2.22. The van der Waals surface area contributed by atoms with Crippen molar-refractivity contribution in [3.63, 3.8) is 0 Å². The lowest BCUT2D eigenvalue weighted by atomic mass is 10.1. The van der Waals surface area contributed by atoms with Gasteiger partial charge >= 0.3 is 12.2 Å². The second-order valence-corrected chi connectivity index (χ2v) is 8.62. The van der Waals surface area contributed by atoms with Gasteiger partial charge in [-0.2, -0.15) is 0 Å². The number of rotatable bonds is 6. The first kappa shape index (κ1) is 22.5. The number of ether oxygens (including phenoxy) is 3. The van der Waals surface area contributed by atoms with Gasteiger partial charge < -0.3 is 24.4 Å². The first-order chi connectivity index (χ1) is 14.7. The van der Waals surface area contributed by atoms with Gasteiger partial charge in [0.05, 0.1) is 19.1 Å². The summed E-state index contributed by atoms with van der Waals surface area (Å²) >= 11 is 0. The van der Waals surface area contributed by atoms with Gasteiger partial charge in [0.2, 0.25) is 0 Å². The van der Waals surface area contributed by atoms with Crippen molar-refractivity contribution in [1.82, 2.24) is 10.2 Å². The van der Waals surface area contributed by atoms with Crippen molar-refractivity contribution in [3.8, 4) is 5.75 Å². The highest BCUT2D eigenvalue weighted by molar-refractivity contribution is 5.69. The van der Waals surface area contributed by atoms with Crippen molar-refractivity contribution in [2.75, 3.05) is 13.1 Å². The largest absolute Gasteiger partial charge is 0.487 e. The molecule has 0 unspecified atom stereocenters. The van der Waals surface area contributed by atoms with Crippen molar-refractivity contribution < 1.29 is 23.8 Å². The van der Waals surface area contributed by atoms with E-state index < -0.39 is 11.7 Å². The van der Waals surface area contributed by atoms with Crippen LogP contribution in [0.2, 0.25) is 0 Å². The number of benzene rings is 2. The number of hydrogen-bond donors (Lipinski definition) is 1. The van der Waals surface area contributed by atoms with E-state index in [1.54, 1.807) is 4.90 Å². The first-order valence-electron chi connectivity index (χ1n) is 10.4. The Morgan fingerprint density at radius 2 is 1.71 bits per heavy atom. The summed E-state index contributed by atoms with van der Waals surface area (Å²) in [6.07, 6.45) is -0.836. The molecular formula is C24H30N2O5. The number of carbonyl (C=O) groups is 2. The third-order valence-corrected chi connectivity index (χ3v) is 4.73. The van der Waals surface area contributed by atoms with Gasteiger partial charge in [-0.25, -0.2) is 9.59 Å². The molecule has 0 aliphatic carbocycles. The average Bonchev–Trinajstić information content (AvgIpc) is 2.68. The molecular weight excluding hydrogens is 396 g/mol. The molecule has 1 N–H and O–H groups in total. The zero-order chi connectivity index (χ0) is 22.4. The number of nitrogens with one attached hydrogen (secondary N) is 1. The van der Waals surface area contributed by atoms with Crippen molar-refractivity contribution in [2.45, 2.75) is 52.0 Å². The summed E-state index contributed by atoms with van der Waals surface area (Å²) in [5, 5.41) is 2.83. The lowest BCUT2D eigenvalue weighted by Crippen LogP contribution is -2.57. The molecule has 31 heavy (non-hydrogen) atoms. The van der Waals surface area contributed by atoms with E-state index in [1.807, 2.05) is 82.3 Å². The second-order valence-electron chi connectivity index (χ2n) is 8.62. The van der Waals surface area contributed by atoms with E-state index in [-0.39, 0.29) is 24.8 Å². The summed E-state index contributed by atoms with van der Waals surface area (Å²) in [4.78, 5) is 25.6. The standard InChI is InChI=1S/C24H30N2O5/c1-17(25-22(27)29-16-18-8-6-5-7-9-18)19-10-12-20(13-11-19)30-21-14-26(15-21)23(28)31-24(2,3)4/h5-13,17,21H,14-16H2,1-4H3,(H,25,27)/t17-/m0/s1. The fraction of sp³-hybridized carbons (Fsp3) is 0.417. The highest BCUT2D eigenvalue weighted by Gasteiger charge is 2.35. The molecule has 2 amide bonds. The Balaban J connectivity index is 1.40. The molecule has 0 aromatic heterocycles.